The van der Waals surface area contributed by atoms with Crippen molar-refractivity contribution in [2.24, 2.45) is 0 Å². The van der Waals surface area contributed by atoms with Crippen molar-refractivity contribution in [3.8, 4) is 0 Å². The summed E-state index contributed by atoms with van der Waals surface area (Å²) >= 11 is 0. The number of nitrogen functional groups attached to an aromatic ring is 2. The number of benzene rings is 2. The van der Waals surface area contributed by atoms with Gasteiger partial charge in [0.1, 0.15) is 0 Å². The van der Waals surface area contributed by atoms with Crippen LogP contribution in [-0.2, 0) is 24.7 Å². The first-order valence-electron chi connectivity index (χ1n) is 14.5. The summed E-state index contributed by atoms with van der Waals surface area (Å²) < 4.78 is 293. The van der Waals surface area contributed by atoms with Gasteiger partial charge in [-0.05, 0) is 73.2 Å². The Morgan fingerprint density at radius 1 is 0.385 bits per heavy atom. The number of nitrogens with two attached hydrogens (primary N) is 2. The van der Waals surface area contributed by atoms with Crippen molar-refractivity contribution >= 4 is 11.4 Å². The van der Waals surface area contributed by atoms with Crippen molar-refractivity contribution in [3.05, 3.63) is 57.6 Å². The number of rotatable bonds is 15. The number of halogens is 20. The highest BCUT2D eigenvalue weighted by atomic mass is 19.4. The molecule has 0 saturated heterocycles. The Kier molecular flexibility index (Phi) is 11.4. The molecule has 0 spiro atoms. The van der Waals surface area contributed by atoms with Crippen molar-refractivity contribution in [1.29, 1.82) is 0 Å². The van der Waals surface area contributed by atoms with Gasteiger partial charge in [0.05, 0.1) is 0 Å². The number of anilines is 2. The Labute approximate surface area is 281 Å². The van der Waals surface area contributed by atoms with Crippen LogP contribution in [-0.4, -0.2) is 47.4 Å². The lowest BCUT2D eigenvalue weighted by atomic mass is 9.83. The fraction of sp³-hybridized carbons (Fsp3) is 0.600. The second kappa shape index (κ2) is 13.2. The number of alkyl halides is 20. The van der Waals surface area contributed by atoms with Crippen LogP contribution in [0.25, 0.3) is 0 Å². The quantitative estimate of drug-likeness (QED) is 0.139. The van der Waals surface area contributed by atoms with Crippen molar-refractivity contribution in [1.82, 2.24) is 0 Å². The predicted molar refractivity (Wildman–Crippen MR) is 147 cm³/mol. The predicted octanol–water partition coefficient (Wildman–Crippen LogP) is 11.3. The molecule has 0 amide bonds. The maximum atomic E-state index is 14.9. The molecule has 4 N–H and O–H groups in total. The number of hydrogen-bond acceptors (Lipinski definition) is 2. The topological polar surface area (TPSA) is 52.0 Å². The number of aryl methyl sites for hydroxylation is 4. The minimum atomic E-state index is -9.11. The first-order chi connectivity index (χ1) is 23.0. The minimum absolute atomic E-state index is 0.0199. The molecule has 0 aliphatic rings. The summed E-state index contributed by atoms with van der Waals surface area (Å²) in [7, 11) is 0. The molecule has 52 heavy (non-hydrogen) atoms. The number of hydrogen-bond donors (Lipinski definition) is 2. The third-order valence-corrected chi connectivity index (χ3v) is 8.26. The fourth-order valence-corrected chi connectivity index (χ4v) is 5.00. The summed E-state index contributed by atoms with van der Waals surface area (Å²) in [5, 5.41) is 0. The fourth-order valence-electron chi connectivity index (χ4n) is 5.00. The van der Waals surface area contributed by atoms with Gasteiger partial charge in [0.25, 0.3) is 0 Å². The average Bonchev–Trinajstić information content (AvgIpc) is 3.00. The lowest BCUT2D eigenvalue weighted by Crippen LogP contribution is -2.76. The summed E-state index contributed by atoms with van der Waals surface area (Å²) in [5.41, 5.74) is 3.10. The Hall–Kier alpha value is -3.36. The van der Waals surface area contributed by atoms with Gasteiger partial charge in [0.15, 0.2) is 0 Å². The maximum absolute atomic E-state index is 14.9. The normalized spacial score (nSPS) is 15.0. The molecule has 0 atom stereocenters. The zero-order valence-corrected chi connectivity index (χ0v) is 26.9. The van der Waals surface area contributed by atoms with Crippen LogP contribution in [0.5, 0.6) is 0 Å². The van der Waals surface area contributed by atoms with Crippen molar-refractivity contribution in [2.45, 2.75) is 113 Å². The summed E-state index contributed by atoms with van der Waals surface area (Å²) in [6, 6.07) is -0.473. The molecule has 0 bridgehead atoms. The molecule has 0 radical (unpaired) electrons. The lowest BCUT2D eigenvalue weighted by Gasteiger charge is -2.45. The van der Waals surface area contributed by atoms with E-state index in [1.807, 2.05) is 0 Å². The Morgan fingerprint density at radius 2 is 0.596 bits per heavy atom. The first kappa shape index (κ1) is 44.8. The highest BCUT2D eigenvalue weighted by molar-refractivity contribution is 5.57. The van der Waals surface area contributed by atoms with Crippen LogP contribution < -0.4 is 11.5 Å². The van der Waals surface area contributed by atoms with E-state index < -0.39 is 104 Å². The van der Waals surface area contributed by atoms with Crippen LogP contribution in [0, 0.1) is 13.8 Å². The van der Waals surface area contributed by atoms with E-state index in [1.54, 1.807) is 0 Å². The Morgan fingerprint density at radius 3 is 0.808 bits per heavy atom. The minimum Gasteiger partial charge on any atom is -0.398 e. The van der Waals surface area contributed by atoms with Crippen LogP contribution in [0.1, 0.15) is 60.1 Å². The third-order valence-electron chi connectivity index (χ3n) is 8.26. The van der Waals surface area contributed by atoms with E-state index in [0.717, 1.165) is 13.8 Å². The molecule has 298 valence electrons. The van der Waals surface area contributed by atoms with Gasteiger partial charge in [-0.25, -0.2) is 0 Å². The van der Waals surface area contributed by atoms with Crippen LogP contribution in [0.15, 0.2) is 24.3 Å². The first-order valence-corrected chi connectivity index (χ1v) is 14.5. The Balaban J connectivity index is 2.78. The third kappa shape index (κ3) is 5.96. The highest BCUT2D eigenvalue weighted by Crippen LogP contribution is 2.67. The average molecular weight is 797 g/mol. The standard InChI is InChI=1S/C30H28F20N2/c1-5-7-15-11-17(9-13(3)19(15)51)21(31,32)23(35,36)25(39,40)27(43,44)29(47,48)30(49,50)28(45,46)26(41,42)24(37,38)22(33,34)18-10-14(4)20(52)16(12-18)8-6-2/h9-12H,5-8,51-52H2,1-4H3. The molecule has 0 unspecified atom stereocenters. The monoisotopic (exact) mass is 796 g/mol. The van der Waals surface area contributed by atoms with Crippen LogP contribution in [0.3, 0.4) is 0 Å². The van der Waals surface area contributed by atoms with Gasteiger partial charge in [-0.1, -0.05) is 26.7 Å². The molecular formula is C30H28F20N2. The summed E-state index contributed by atoms with van der Waals surface area (Å²) in [4.78, 5) is 0. The molecular weight excluding hydrogens is 768 g/mol. The molecule has 0 aromatic heterocycles. The molecule has 2 aromatic carbocycles. The van der Waals surface area contributed by atoms with Crippen LogP contribution >= 0.6 is 0 Å². The van der Waals surface area contributed by atoms with Gasteiger partial charge in [-0.15, -0.1) is 0 Å². The molecule has 22 heteroatoms. The van der Waals surface area contributed by atoms with E-state index in [1.165, 1.54) is 13.8 Å². The summed E-state index contributed by atoms with van der Waals surface area (Å²) in [5.74, 6) is -83.0. The highest BCUT2D eigenvalue weighted by Gasteiger charge is 2.97. The molecule has 0 saturated carbocycles. The van der Waals surface area contributed by atoms with Gasteiger partial charge in [-0.3, -0.25) is 0 Å². The lowest BCUT2D eigenvalue weighted by molar-refractivity contribution is -0.470. The van der Waals surface area contributed by atoms with E-state index >= 15 is 0 Å². The SMILES string of the molecule is CCCc1cc(C(F)(F)C(F)(F)C(F)(F)C(F)(F)C(F)(F)C(F)(F)C(F)(F)C(F)(F)C(F)(F)C(F)(F)c2cc(C)c(N)c(CCC)c2)cc(C)c1N. The second-order valence-electron chi connectivity index (χ2n) is 12.0. The van der Waals surface area contributed by atoms with Gasteiger partial charge in [-0.2, -0.15) is 87.8 Å². The van der Waals surface area contributed by atoms with E-state index in [-0.39, 0.29) is 49.9 Å². The molecule has 2 rings (SSSR count). The molecule has 0 aliphatic heterocycles. The second-order valence-corrected chi connectivity index (χ2v) is 12.0. The van der Waals surface area contributed by atoms with Gasteiger partial charge < -0.3 is 11.5 Å². The summed E-state index contributed by atoms with van der Waals surface area (Å²) in [6.07, 6.45) is -0.810. The van der Waals surface area contributed by atoms with Crippen molar-refractivity contribution in [2.75, 3.05) is 11.5 Å². The van der Waals surface area contributed by atoms with E-state index in [2.05, 4.69) is 0 Å². The molecule has 0 fully saturated rings. The maximum Gasteiger partial charge on any atom is 0.385 e. The summed E-state index contributed by atoms with van der Waals surface area (Å²) in [6.45, 7) is 4.24. The molecule has 0 aliphatic carbocycles. The molecule has 2 nitrogen and oxygen atoms in total. The zero-order chi connectivity index (χ0) is 41.3. The van der Waals surface area contributed by atoms with Gasteiger partial charge in [0.2, 0.25) is 0 Å². The van der Waals surface area contributed by atoms with Crippen molar-refractivity contribution < 1.29 is 87.8 Å². The largest absolute Gasteiger partial charge is 0.398 e. The van der Waals surface area contributed by atoms with Gasteiger partial charge in [0, 0.05) is 22.5 Å². The van der Waals surface area contributed by atoms with E-state index in [0.29, 0.717) is 0 Å². The molecule has 2 aromatic rings. The zero-order valence-electron chi connectivity index (χ0n) is 26.9. The Bertz CT molecular complexity index is 1510. The van der Waals surface area contributed by atoms with E-state index in [9.17, 15) is 87.8 Å². The van der Waals surface area contributed by atoms with E-state index in [4.69, 9.17) is 11.5 Å². The van der Waals surface area contributed by atoms with Crippen LogP contribution in [0.2, 0.25) is 0 Å². The molecule has 0 heterocycles. The van der Waals surface area contributed by atoms with Gasteiger partial charge >= 0.3 is 59.2 Å². The smallest absolute Gasteiger partial charge is 0.385 e. The van der Waals surface area contributed by atoms with Crippen LogP contribution in [0.4, 0.5) is 99.2 Å². The van der Waals surface area contributed by atoms with Crippen molar-refractivity contribution in [3.63, 3.8) is 0 Å².